The summed E-state index contributed by atoms with van der Waals surface area (Å²) in [5.74, 6) is -4.54. The zero-order valence-electron chi connectivity index (χ0n) is 20.9. The van der Waals surface area contributed by atoms with Crippen LogP contribution in [0.5, 0.6) is 0 Å². The summed E-state index contributed by atoms with van der Waals surface area (Å²) in [6, 6.07) is 5.24. The lowest BCUT2D eigenvalue weighted by molar-refractivity contribution is -0.136. The fourth-order valence-corrected chi connectivity index (χ4v) is 4.92. The minimum absolute atomic E-state index is 0.0140. The molecule has 4 aromatic rings. The van der Waals surface area contributed by atoms with E-state index in [9.17, 15) is 35.9 Å². The van der Waals surface area contributed by atoms with Gasteiger partial charge in [-0.05, 0) is 36.8 Å². The summed E-state index contributed by atoms with van der Waals surface area (Å²) in [6.45, 7) is 0.836. The molecule has 2 aromatic heterocycles. The zero-order valence-corrected chi connectivity index (χ0v) is 21.7. The third kappa shape index (κ3) is 5.14. The van der Waals surface area contributed by atoms with Crippen molar-refractivity contribution in [2.75, 3.05) is 18.8 Å². The van der Waals surface area contributed by atoms with Crippen LogP contribution in [0.1, 0.15) is 31.8 Å². The van der Waals surface area contributed by atoms with Crippen molar-refractivity contribution in [3.63, 3.8) is 0 Å². The molecule has 1 fully saturated rings. The number of aryl methyl sites for hydroxylation is 1. The van der Waals surface area contributed by atoms with E-state index >= 15 is 0 Å². The van der Waals surface area contributed by atoms with Gasteiger partial charge in [-0.1, -0.05) is 23.7 Å². The number of hydrogen-bond acceptors (Lipinski definition) is 5. The molecule has 214 valence electrons. The Morgan fingerprint density at radius 2 is 1.78 bits per heavy atom. The summed E-state index contributed by atoms with van der Waals surface area (Å²) >= 11 is 5.87. The van der Waals surface area contributed by atoms with Crippen molar-refractivity contribution in [3.8, 4) is 11.3 Å². The first-order chi connectivity index (χ1) is 19.3. The Kier molecular flexibility index (Phi) is 7.05. The minimum atomic E-state index is -4.76. The van der Waals surface area contributed by atoms with Crippen LogP contribution in [0, 0.1) is 18.6 Å². The van der Waals surface area contributed by atoms with Crippen LogP contribution < -0.4 is 11.1 Å². The first-order valence-corrected chi connectivity index (χ1v) is 12.3. The Bertz CT molecular complexity index is 1710. The maximum Gasteiger partial charge on any atom is 0.418 e. The van der Waals surface area contributed by atoms with Gasteiger partial charge in [-0.2, -0.15) is 18.3 Å². The summed E-state index contributed by atoms with van der Waals surface area (Å²) in [6.07, 6.45) is -5.48. The van der Waals surface area contributed by atoms with Gasteiger partial charge in [0.15, 0.2) is 17.5 Å². The van der Waals surface area contributed by atoms with E-state index in [1.807, 2.05) is 0 Å². The summed E-state index contributed by atoms with van der Waals surface area (Å²) in [5.41, 5.74) is 4.48. The van der Waals surface area contributed by atoms with Gasteiger partial charge in [0.2, 0.25) is 0 Å². The average Bonchev–Trinajstić information content (AvgIpc) is 3.48. The minimum Gasteiger partial charge on any atom is -0.382 e. The molecule has 2 aromatic carbocycles. The number of carbonyl (C=O) groups is 2. The molecule has 2 atom stereocenters. The van der Waals surface area contributed by atoms with Crippen LogP contribution in [-0.4, -0.2) is 56.6 Å². The van der Waals surface area contributed by atoms with Gasteiger partial charge in [-0.3, -0.25) is 9.59 Å². The number of fused-ring (bicyclic) bond motifs is 1. The highest BCUT2D eigenvalue weighted by Crippen LogP contribution is 2.39. The summed E-state index contributed by atoms with van der Waals surface area (Å²) in [5, 5.41) is 6.04. The van der Waals surface area contributed by atoms with Crippen molar-refractivity contribution >= 4 is 34.7 Å². The van der Waals surface area contributed by atoms with Gasteiger partial charge < -0.3 is 16.0 Å². The summed E-state index contributed by atoms with van der Waals surface area (Å²) in [4.78, 5) is 30.6. The van der Waals surface area contributed by atoms with Crippen LogP contribution >= 0.6 is 11.6 Å². The maximum absolute atomic E-state index is 14.9. The molecule has 3 N–H and O–H groups in total. The van der Waals surface area contributed by atoms with Crippen molar-refractivity contribution in [2.45, 2.75) is 25.3 Å². The molecule has 0 saturated carbocycles. The molecular formula is C26H19ClF6N6O2. The smallest absolute Gasteiger partial charge is 0.382 e. The number of alkyl halides is 4. The number of nitrogens with one attached hydrogen (secondary N) is 1. The number of nitrogen functional groups attached to an aromatic ring is 1. The SMILES string of the molecule is Cc1ccc(-c2cc(C(F)(F)F)c3c(N)ncnn23)cc1C(=O)N[C@@H]1CN(C(=O)c2cc(F)c(F)cc2Cl)C[C@@H]1F. The van der Waals surface area contributed by atoms with Crippen LogP contribution in [0.4, 0.5) is 32.2 Å². The van der Waals surface area contributed by atoms with Gasteiger partial charge in [0.05, 0.1) is 34.4 Å². The molecule has 0 aliphatic carbocycles. The van der Waals surface area contributed by atoms with Crippen LogP contribution in [-0.2, 0) is 6.18 Å². The van der Waals surface area contributed by atoms with E-state index in [-0.39, 0.29) is 39.8 Å². The maximum atomic E-state index is 14.9. The molecule has 41 heavy (non-hydrogen) atoms. The first-order valence-electron chi connectivity index (χ1n) is 12.0. The van der Waals surface area contributed by atoms with Crippen molar-refractivity contribution in [1.29, 1.82) is 0 Å². The van der Waals surface area contributed by atoms with Gasteiger partial charge in [0, 0.05) is 17.7 Å². The van der Waals surface area contributed by atoms with Crippen molar-refractivity contribution < 1.29 is 35.9 Å². The second kappa shape index (κ2) is 10.3. The van der Waals surface area contributed by atoms with E-state index < -0.39 is 59.5 Å². The molecule has 1 saturated heterocycles. The van der Waals surface area contributed by atoms with Crippen LogP contribution in [0.3, 0.4) is 0 Å². The van der Waals surface area contributed by atoms with Gasteiger partial charge in [-0.15, -0.1) is 0 Å². The average molecular weight is 597 g/mol. The number of halogens is 7. The number of nitrogens with two attached hydrogens (primary N) is 1. The van der Waals surface area contributed by atoms with Gasteiger partial charge >= 0.3 is 6.18 Å². The van der Waals surface area contributed by atoms with Crippen LogP contribution in [0.15, 0.2) is 42.7 Å². The van der Waals surface area contributed by atoms with E-state index in [0.717, 1.165) is 21.8 Å². The largest absolute Gasteiger partial charge is 0.418 e. The molecule has 1 aliphatic rings. The highest BCUT2D eigenvalue weighted by Gasteiger charge is 2.38. The van der Waals surface area contributed by atoms with Gasteiger partial charge in [0.1, 0.15) is 18.0 Å². The number of anilines is 1. The highest BCUT2D eigenvalue weighted by atomic mass is 35.5. The zero-order chi connectivity index (χ0) is 29.8. The van der Waals surface area contributed by atoms with Crippen molar-refractivity contribution in [3.05, 3.63) is 81.6 Å². The third-order valence-corrected chi connectivity index (χ3v) is 7.07. The number of rotatable bonds is 4. The number of nitrogens with zero attached hydrogens (tertiary/aromatic N) is 4. The number of benzene rings is 2. The first kappa shape index (κ1) is 28.2. The monoisotopic (exact) mass is 596 g/mol. The molecule has 3 heterocycles. The third-order valence-electron chi connectivity index (χ3n) is 6.76. The second-order valence-electron chi connectivity index (χ2n) is 9.43. The van der Waals surface area contributed by atoms with Crippen LogP contribution in [0.25, 0.3) is 16.8 Å². The Morgan fingerprint density at radius 1 is 1.07 bits per heavy atom. The predicted molar refractivity (Wildman–Crippen MR) is 136 cm³/mol. The fraction of sp³-hybridized carbons (Fsp3) is 0.231. The van der Waals surface area contributed by atoms with E-state index in [1.54, 1.807) is 6.92 Å². The number of hydrogen-bond donors (Lipinski definition) is 2. The molecular weight excluding hydrogens is 578 g/mol. The van der Waals surface area contributed by atoms with E-state index in [0.29, 0.717) is 17.7 Å². The lowest BCUT2D eigenvalue weighted by Gasteiger charge is -2.18. The molecule has 15 heteroatoms. The molecule has 0 spiro atoms. The van der Waals surface area contributed by atoms with Crippen molar-refractivity contribution in [2.24, 2.45) is 0 Å². The summed E-state index contributed by atoms with van der Waals surface area (Å²) < 4.78 is 84.1. The molecule has 0 unspecified atom stereocenters. The molecule has 0 bridgehead atoms. The fourth-order valence-electron chi connectivity index (χ4n) is 4.68. The lowest BCUT2D eigenvalue weighted by atomic mass is 10.0. The van der Waals surface area contributed by atoms with E-state index in [4.69, 9.17) is 17.3 Å². The Labute approximate surface area is 232 Å². The Hall–Kier alpha value is -4.33. The molecule has 1 aliphatic heterocycles. The number of amides is 2. The molecule has 2 amide bonds. The van der Waals surface area contributed by atoms with E-state index in [2.05, 4.69) is 15.4 Å². The predicted octanol–water partition coefficient (Wildman–Crippen LogP) is 4.83. The number of likely N-dealkylation sites (tertiary alicyclic amines) is 1. The Morgan fingerprint density at radius 3 is 2.49 bits per heavy atom. The van der Waals surface area contributed by atoms with Gasteiger partial charge in [-0.25, -0.2) is 22.7 Å². The van der Waals surface area contributed by atoms with Crippen molar-refractivity contribution in [1.82, 2.24) is 24.8 Å². The van der Waals surface area contributed by atoms with Crippen LogP contribution in [0.2, 0.25) is 5.02 Å². The normalized spacial score (nSPS) is 17.3. The molecule has 8 nitrogen and oxygen atoms in total. The molecule has 5 rings (SSSR count). The topological polar surface area (TPSA) is 106 Å². The van der Waals surface area contributed by atoms with Gasteiger partial charge in [0.25, 0.3) is 11.8 Å². The Balaban J connectivity index is 1.41. The number of carbonyl (C=O) groups excluding carboxylic acids is 2. The molecule has 0 radical (unpaired) electrons. The summed E-state index contributed by atoms with van der Waals surface area (Å²) in [7, 11) is 0. The lowest BCUT2D eigenvalue weighted by Crippen LogP contribution is -2.42. The highest BCUT2D eigenvalue weighted by molar-refractivity contribution is 6.33. The van der Waals surface area contributed by atoms with E-state index in [1.165, 1.54) is 18.2 Å². The second-order valence-corrected chi connectivity index (χ2v) is 9.84. The number of aromatic nitrogens is 3. The quantitative estimate of drug-likeness (QED) is 0.259. The standard InChI is InChI=1S/C26H19ClF6N6O2/c1-11-2-3-12(21-6-15(26(31,32)33)22-23(34)35-10-36-39(21)22)4-13(11)24(40)37-20-9-38(8-19(20)30)25(41)14-5-17(28)18(29)7-16(14)27/h2-7,10,19-20H,8-9H2,1H3,(H,37,40)(H2,34,35,36)/t19-,20+/m0/s1.